The Morgan fingerprint density at radius 2 is 1.80 bits per heavy atom. The summed E-state index contributed by atoms with van der Waals surface area (Å²) in [6.45, 7) is 7.24. The van der Waals surface area contributed by atoms with E-state index in [9.17, 15) is 14.4 Å². The Balaban J connectivity index is 1.44. The molecule has 1 aliphatic heterocycles. The predicted octanol–water partition coefficient (Wildman–Crippen LogP) is 4.38. The minimum Gasteiger partial charge on any atom is -0.355 e. The van der Waals surface area contributed by atoms with Crippen LogP contribution in [-0.2, 0) is 9.59 Å². The highest BCUT2D eigenvalue weighted by Crippen LogP contribution is 2.45. The van der Waals surface area contributed by atoms with Crippen molar-refractivity contribution in [3.8, 4) is 0 Å². The van der Waals surface area contributed by atoms with Gasteiger partial charge >= 0.3 is 6.03 Å². The minimum atomic E-state index is -0.793. The molecule has 0 atom stereocenters. The third kappa shape index (κ3) is 5.17. The van der Waals surface area contributed by atoms with Crippen LogP contribution in [0, 0.1) is 17.3 Å². The molecule has 6 heteroatoms. The molecule has 0 aromatic heterocycles. The SMILES string of the molecule is CCC(C)(C)C1CCC2(CC1)NC(=O)N(CC(=O)NCCCC1CCCCC1)C2=O. The molecule has 3 aliphatic rings. The zero-order chi connectivity index (χ0) is 21.8. The van der Waals surface area contributed by atoms with Crippen LogP contribution >= 0.6 is 0 Å². The molecule has 0 radical (unpaired) electrons. The molecule has 2 saturated carbocycles. The second-order valence-corrected chi connectivity index (χ2v) is 10.5. The number of carbonyl (C=O) groups excluding carboxylic acids is 3. The zero-order valence-corrected chi connectivity index (χ0v) is 19.2. The van der Waals surface area contributed by atoms with Crippen molar-refractivity contribution in [2.75, 3.05) is 13.1 Å². The summed E-state index contributed by atoms with van der Waals surface area (Å²) in [6.07, 6.45) is 13.1. The number of carbonyl (C=O) groups is 3. The summed E-state index contributed by atoms with van der Waals surface area (Å²) in [6, 6.07) is -0.412. The zero-order valence-electron chi connectivity index (χ0n) is 19.2. The van der Waals surface area contributed by atoms with Crippen molar-refractivity contribution in [1.29, 1.82) is 0 Å². The Kier molecular flexibility index (Phi) is 7.46. The van der Waals surface area contributed by atoms with Gasteiger partial charge in [-0.1, -0.05) is 59.3 Å². The van der Waals surface area contributed by atoms with E-state index in [0.29, 0.717) is 25.3 Å². The van der Waals surface area contributed by atoms with Crippen molar-refractivity contribution in [3.63, 3.8) is 0 Å². The van der Waals surface area contributed by atoms with Gasteiger partial charge in [0.15, 0.2) is 0 Å². The van der Waals surface area contributed by atoms with E-state index in [0.717, 1.165) is 42.9 Å². The average Bonchev–Trinajstić information content (AvgIpc) is 2.96. The lowest BCUT2D eigenvalue weighted by atomic mass is 9.65. The van der Waals surface area contributed by atoms with Crippen LogP contribution in [0.1, 0.15) is 97.8 Å². The molecule has 30 heavy (non-hydrogen) atoms. The van der Waals surface area contributed by atoms with Crippen LogP contribution in [0.3, 0.4) is 0 Å². The molecule has 2 aliphatic carbocycles. The highest BCUT2D eigenvalue weighted by Gasteiger charge is 2.53. The van der Waals surface area contributed by atoms with Gasteiger partial charge in [-0.3, -0.25) is 14.5 Å². The molecule has 3 fully saturated rings. The number of nitrogens with one attached hydrogen (secondary N) is 2. The summed E-state index contributed by atoms with van der Waals surface area (Å²) in [5.41, 5.74) is -0.539. The maximum absolute atomic E-state index is 13.1. The summed E-state index contributed by atoms with van der Waals surface area (Å²) in [4.78, 5) is 39.0. The molecular formula is C24H41N3O3. The third-order valence-corrected chi connectivity index (χ3v) is 8.24. The maximum atomic E-state index is 13.1. The molecule has 3 rings (SSSR count). The molecule has 0 bridgehead atoms. The van der Waals surface area contributed by atoms with Gasteiger partial charge < -0.3 is 10.6 Å². The maximum Gasteiger partial charge on any atom is 0.325 e. The first kappa shape index (κ1) is 23.1. The summed E-state index contributed by atoms with van der Waals surface area (Å²) in [5.74, 6) is 0.922. The van der Waals surface area contributed by atoms with E-state index in [4.69, 9.17) is 0 Å². The molecule has 170 valence electrons. The second-order valence-electron chi connectivity index (χ2n) is 10.5. The standard InChI is InChI=1S/C24H41N3O3/c1-4-23(2,3)19-12-14-24(15-13-19)21(29)27(22(30)26-24)17-20(28)25-16-8-11-18-9-6-5-7-10-18/h18-19H,4-17H2,1-3H3,(H,25,28)(H,26,30). The molecule has 0 unspecified atom stereocenters. The molecule has 0 aromatic rings. The number of rotatable bonds is 8. The fourth-order valence-corrected chi connectivity index (χ4v) is 5.63. The largest absolute Gasteiger partial charge is 0.355 e. The molecule has 1 spiro atoms. The van der Waals surface area contributed by atoms with Crippen molar-refractivity contribution in [3.05, 3.63) is 0 Å². The fourth-order valence-electron chi connectivity index (χ4n) is 5.63. The van der Waals surface area contributed by atoms with Gasteiger partial charge in [-0.15, -0.1) is 0 Å². The average molecular weight is 420 g/mol. The van der Waals surface area contributed by atoms with Crippen LogP contribution in [0.4, 0.5) is 4.79 Å². The van der Waals surface area contributed by atoms with Crippen LogP contribution in [0.5, 0.6) is 0 Å². The van der Waals surface area contributed by atoms with E-state index in [1.54, 1.807) is 0 Å². The molecular weight excluding hydrogens is 378 g/mol. The van der Waals surface area contributed by atoms with Gasteiger partial charge in [-0.05, 0) is 55.8 Å². The second kappa shape index (κ2) is 9.69. The highest BCUT2D eigenvalue weighted by atomic mass is 16.2. The lowest BCUT2D eigenvalue weighted by Crippen LogP contribution is -2.51. The Labute approximate surface area is 181 Å². The Morgan fingerprint density at radius 3 is 2.43 bits per heavy atom. The van der Waals surface area contributed by atoms with E-state index in [-0.39, 0.29) is 23.8 Å². The first-order chi connectivity index (χ1) is 14.3. The summed E-state index contributed by atoms with van der Waals surface area (Å²) in [5, 5.41) is 5.84. The smallest absolute Gasteiger partial charge is 0.325 e. The lowest BCUT2D eigenvalue weighted by molar-refractivity contribution is -0.136. The van der Waals surface area contributed by atoms with Gasteiger partial charge in [-0.25, -0.2) is 4.79 Å². The van der Waals surface area contributed by atoms with Crippen LogP contribution in [0.15, 0.2) is 0 Å². The number of hydrogen-bond donors (Lipinski definition) is 2. The van der Waals surface area contributed by atoms with Gasteiger partial charge in [-0.2, -0.15) is 0 Å². The van der Waals surface area contributed by atoms with Gasteiger partial charge in [0.05, 0.1) is 0 Å². The Bertz CT molecular complexity index is 632. The van der Waals surface area contributed by atoms with Crippen molar-refractivity contribution >= 4 is 17.8 Å². The van der Waals surface area contributed by atoms with Crippen LogP contribution in [-0.4, -0.2) is 41.4 Å². The van der Waals surface area contributed by atoms with Gasteiger partial charge in [0.2, 0.25) is 5.91 Å². The normalized spacial score (nSPS) is 28.1. The van der Waals surface area contributed by atoms with Crippen molar-refractivity contribution < 1.29 is 14.4 Å². The molecule has 4 amide bonds. The first-order valence-corrected chi connectivity index (χ1v) is 12.2. The van der Waals surface area contributed by atoms with Crippen molar-refractivity contribution in [1.82, 2.24) is 15.5 Å². The monoisotopic (exact) mass is 419 g/mol. The first-order valence-electron chi connectivity index (χ1n) is 12.2. The quantitative estimate of drug-likeness (QED) is 0.453. The molecule has 2 N–H and O–H groups in total. The number of nitrogens with zero attached hydrogens (tertiary/aromatic N) is 1. The van der Waals surface area contributed by atoms with Crippen LogP contribution < -0.4 is 10.6 Å². The number of amides is 4. The predicted molar refractivity (Wildman–Crippen MR) is 118 cm³/mol. The van der Waals surface area contributed by atoms with Crippen molar-refractivity contribution in [2.24, 2.45) is 17.3 Å². The lowest BCUT2D eigenvalue weighted by Gasteiger charge is -2.42. The van der Waals surface area contributed by atoms with E-state index in [1.165, 1.54) is 32.1 Å². The van der Waals surface area contributed by atoms with E-state index in [2.05, 4.69) is 31.4 Å². The fraction of sp³-hybridized carbons (Fsp3) is 0.875. The Hall–Kier alpha value is -1.59. The van der Waals surface area contributed by atoms with Gasteiger partial charge in [0, 0.05) is 6.54 Å². The Morgan fingerprint density at radius 1 is 1.13 bits per heavy atom. The summed E-state index contributed by atoms with van der Waals surface area (Å²) < 4.78 is 0. The molecule has 1 saturated heterocycles. The highest BCUT2D eigenvalue weighted by molar-refractivity contribution is 6.09. The van der Waals surface area contributed by atoms with Crippen LogP contribution in [0.25, 0.3) is 0 Å². The third-order valence-electron chi connectivity index (χ3n) is 8.24. The summed E-state index contributed by atoms with van der Waals surface area (Å²) >= 11 is 0. The van der Waals surface area contributed by atoms with Crippen LogP contribution in [0.2, 0.25) is 0 Å². The molecule has 1 heterocycles. The van der Waals surface area contributed by atoms with Crippen molar-refractivity contribution in [2.45, 2.75) is 103 Å². The van der Waals surface area contributed by atoms with Gasteiger partial charge in [0.1, 0.15) is 12.1 Å². The number of hydrogen-bond acceptors (Lipinski definition) is 3. The molecule has 0 aromatic carbocycles. The minimum absolute atomic E-state index is 0.167. The van der Waals surface area contributed by atoms with E-state index < -0.39 is 11.6 Å². The number of urea groups is 1. The number of imide groups is 1. The molecule has 6 nitrogen and oxygen atoms in total. The van der Waals surface area contributed by atoms with Gasteiger partial charge in [0.25, 0.3) is 5.91 Å². The summed E-state index contributed by atoms with van der Waals surface area (Å²) in [7, 11) is 0. The van der Waals surface area contributed by atoms with E-state index >= 15 is 0 Å². The topological polar surface area (TPSA) is 78.5 Å². The van der Waals surface area contributed by atoms with E-state index in [1.807, 2.05) is 0 Å².